The van der Waals surface area contributed by atoms with E-state index in [0.29, 0.717) is 6.42 Å². The highest BCUT2D eigenvalue weighted by atomic mass is 17.2. The maximum Gasteiger partial charge on any atom is 0.344 e. The second-order valence-corrected chi connectivity index (χ2v) is 8.84. The zero-order chi connectivity index (χ0) is 21.8. The van der Waals surface area contributed by atoms with Crippen molar-refractivity contribution in [3.63, 3.8) is 0 Å². The third-order valence-corrected chi connectivity index (χ3v) is 3.05. The third kappa shape index (κ3) is 18.0. The van der Waals surface area contributed by atoms with Crippen LogP contribution in [0.2, 0.25) is 0 Å². The first kappa shape index (κ1) is 28.0. The van der Waals surface area contributed by atoms with Crippen molar-refractivity contribution in [1.29, 1.82) is 0 Å². The van der Waals surface area contributed by atoms with Crippen molar-refractivity contribution in [3.05, 3.63) is 0 Å². The molecule has 0 aliphatic carbocycles. The van der Waals surface area contributed by atoms with Crippen LogP contribution in [0.3, 0.4) is 0 Å². The summed E-state index contributed by atoms with van der Waals surface area (Å²) >= 11 is 0. The van der Waals surface area contributed by atoms with Gasteiger partial charge in [-0.3, -0.25) is 9.68 Å². The zero-order valence-corrected chi connectivity index (χ0v) is 18.8. The normalized spacial score (nSPS) is 14.2. The Hall–Kier alpha value is -1.18. The molecule has 7 nitrogen and oxygen atoms in total. The van der Waals surface area contributed by atoms with Gasteiger partial charge >= 0.3 is 11.9 Å². The van der Waals surface area contributed by atoms with Crippen LogP contribution in [0.5, 0.6) is 0 Å². The molecule has 0 radical (unpaired) electrons. The summed E-state index contributed by atoms with van der Waals surface area (Å²) in [5.41, 5.74) is -0.841. The van der Waals surface area contributed by atoms with Crippen LogP contribution in [0.1, 0.15) is 88.5 Å². The largest absolute Gasteiger partial charge is 0.481 e. The Morgan fingerprint density at radius 1 is 0.926 bits per heavy atom. The molecular weight excluding hydrogens is 352 g/mol. The molecule has 0 fully saturated rings. The lowest BCUT2D eigenvalue weighted by Gasteiger charge is -2.24. The van der Waals surface area contributed by atoms with Crippen LogP contribution in [0.15, 0.2) is 0 Å². The molecule has 0 amide bonds. The molecule has 0 spiro atoms. The molecule has 0 aromatic heterocycles. The van der Waals surface area contributed by atoms with E-state index >= 15 is 0 Å². The van der Waals surface area contributed by atoms with E-state index in [0.717, 1.165) is 12.8 Å². The summed E-state index contributed by atoms with van der Waals surface area (Å²) in [5, 5.41) is 9.06. The summed E-state index contributed by atoms with van der Waals surface area (Å²) in [6.07, 6.45) is 2.07. The topological polar surface area (TPSA) is 91.3 Å². The molecule has 0 aliphatic heterocycles. The van der Waals surface area contributed by atoms with Crippen molar-refractivity contribution in [3.8, 4) is 0 Å². The first-order valence-electron chi connectivity index (χ1n) is 9.57. The summed E-state index contributed by atoms with van der Waals surface area (Å²) in [4.78, 5) is 41.5. The Kier molecular flexibility index (Phi) is 13.6. The van der Waals surface area contributed by atoms with E-state index < -0.39 is 29.2 Å². The van der Waals surface area contributed by atoms with Crippen LogP contribution in [0.25, 0.3) is 0 Å². The lowest BCUT2D eigenvalue weighted by atomic mass is 9.97. The molecule has 0 rings (SSSR count). The Balaban J connectivity index is 0. The number of rotatable bonds is 9. The number of carbonyl (C=O) groups is 2. The maximum absolute atomic E-state index is 11.0. The van der Waals surface area contributed by atoms with E-state index in [-0.39, 0.29) is 11.9 Å². The first-order chi connectivity index (χ1) is 12.1. The van der Waals surface area contributed by atoms with Crippen molar-refractivity contribution in [1.82, 2.24) is 0 Å². The van der Waals surface area contributed by atoms with Gasteiger partial charge in [0.2, 0.25) is 0 Å². The highest BCUT2D eigenvalue weighted by Crippen LogP contribution is 2.19. The summed E-state index contributed by atoms with van der Waals surface area (Å²) in [5.74, 6) is -1.79. The number of carboxylic acids is 1. The number of carboxylic acid groups (broad SMARTS) is 1. The van der Waals surface area contributed by atoms with Crippen molar-refractivity contribution in [2.45, 2.75) is 106 Å². The lowest BCUT2D eigenvalue weighted by Crippen LogP contribution is -2.31. The Bertz CT molecular complexity index is 419. The number of carbonyl (C=O) groups excluding carboxylic acids is 1. The number of aliphatic carboxylic acids is 1. The minimum absolute atomic E-state index is 0.141. The average molecular weight is 393 g/mol. The van der Waals surface area contributed by atoms with Crippen LogP contribution in [0.4, 0.5) is 0 Å². The monoisotopic (exact) mass is 392 g/mol. The molecule has 2 atom stereocenters. The molecule has 0 aliphatic rings. The van der Waals surface area contributed by atoms with Gasteiger partial charge in [-0.1, -0.05) is 33.6 Å². The van der Waals surface area contributed by atoms with Gasteiger partial charge in [0.1, 0.15) is 11.7 Å². The van der Waals surface area contributed by atoms with Gasteiger partial charge in [-0.2, -0.15) is 4.89 Å². The van der Waals surface area contributed by atoms with Crippen LogP contribution in [-0.2, 0) is 29.1 Å². The van der Waals surface area contributed by atoms with Gasteiger partial charge in [-0.15, -0.1) is 0 Å². The standard InChI is InChI=1S/C12H24O4.C8H16O3/c1-6-7-8-10(11(13)14)9(2)15-16-12(3,4)5;1-6(2)7(9)10-11-8(3,4)5/h9-10H,6-8H2,1-5H3,(H,13,14);6H,1-5H3. The molecule has 0 heterocycles. The van der Waals surface area contributed by atoms with E-state index in [9.17, 15) is 9.59 Å². The second-order valence-electron chi connectivity index (χ2n) is 8.84. The van der Waals surface area contributed by atoms with E-state index in [2.05, 4.69) is 4.89 Å². The molecule has 1 N–H and O–H groups in total. The van der Waals surface area contributed by atoms with Gasteiger partial charge in [0, 0.05) is 0 Å². The van der Waals surface area contributed by atoms with Crippen LogP contribution >= 0.6 is 0 Å². The molecule has 162 valence electrons. The molecule has 0 saturated heterocycles. The van der Waals surface area contributed by atoms with Gasteiger partial charge < -0.3 is 5.11 Å². The zero-order valence-electron chi connectivity index (χ0n) is 18.8. The quantitative estimate of drug-likeness (QED) is 0.439. The highest BCUT2D eigenvalue weighted by molar-refractivity contribution is 5.71. The maximum atomic E-state index is 11.0. The fourth-order valence-corrected chi connectivity index (χ4v) is 1.53. The Morgan fingerprint density at radius 3 is 1.74 bits per heavy atom. The van der Waals surface area contributed by atoms with Crippen molar-refractivity contribution in [2.24, 2.45) is 11.8 Å². The van der Waals surface area contributed by atoms with Crippen LogP contribution in [0, 0.1) is 11.8 Å². The minimum Gasteiger partial charge on any atom is -0.481 e. The minimum atomic E-state index is -0.821. The van der Waals surface area contributed by atoms with E-state index in [1.807, 2.05) is 48.5 Å². The van der Waals surface area contributed by atoms with Crippen molar-refractivity contribution < 1.29 is 34.2 Å². The molecule has 2 unspecified atom stereocenters. The number of unbranched alkanes of at least 4 members (excludes halogenated alkanes) is 1. The van der Waals surface area contributed by atoms with Gasteiger partial charge in [0.25, 0.3) is 0 Å². The highest BCUT2D eigenvalue weighted by Gasteiger charge is 2.27. The van der Waals surface area contributed by atoms with E-state index in [1.54, 1.807) is 20.8 Å². The first-order valence-corrected chi connectivity index (χ1v) is 9.57. The number of hydrogen-bond acceptors (Lipinski definition) is 6. The predicted octanol–water partition coefficient (Wildman–Crippen LogP) is 4.93. The Labute approximate surface area is 164 Å². The molecule has 7 heteroatoms. The van der Waals surface area contributed by atoms with Crippen molar-refractivity contribution in [2.75, 3.05) is 0 Å². The molecule has 0 aromatic rings. The smallest absolute Gasteiger partial charge is 0.344 e. The van der Waals surface area contributed by atoms with Gasteiger partial charge in [-0.25, -0.2) is 14.6 Å². The molecule has 0 saturated carbocycles. The molecular formula is C20H40O7. The fourth-order valence-electron chi connectivity index (χ4n) is 1.53. The second kappa shape index (κ2) is 13.1. The van der Waals surface area contributed by atoms with Crippen LogP contribution in [-0.4, -0.2) is 34.4 Å². The third-order valence-electron chi connectivity index (χ3n) is 3.05. The number of hydrogen-bond donors (Lipinski definition) is 1. The SMILES string of the molecule is CC(C)C(=O)OOC(C)(C)C.CCCCC(C(=O)O)C(C)OOC(C)(C)C. The molecule has 0 bridgehead atoms. The fraction of sp³-hybridized carbons (Fsp3) is 0.900. The lowest BCUT2D eigenvalue weighted by molar-refractivity contribution is -0.376. The summed E-state index contributed by atoms with van der Waals surface area (Å²) < 4.78 is 0. The molecule has 0 aromatic carbocycles. The Morgan fingerprint density at radius 2 is 1.41 bits per heavy atom. The summed E-state index contributed by atoms with van der Waals surface area (Å²) in [6, 6.07) is 0. The average Bonchev–Trinajstić information content (AvgIpc) is 2.49. The summed E-state index contributed by atoms with van der Waals surface area (Å²) in [6.45, 7) is 18.3. The van der Waals surface area contributed by atoms with Crippen LogP contribution < -0.4 is 0 Å². The summed E-state index contributed by atoms with van der Waals surface area (Å²) in [7, 11) is 0. The van der Waals surface area contributed by atoms with E-state index in [4.69, 9.17) is 19.8 Å². The van der Waals surface area contributed by atoms with Gasteiger partial charge in [0.05, 0.1) is 17.4 Å². The van der Waals surface area contributed by atoms with Gasteiger partial charge in [-0.05, 0) is 54.9 Å². The molecule has 27 heavy (non-hydrogen) atoms. The van der Waals surface area contributed by atoms with E-state index in [1.165, 1.54) is 0 Å². The predicted molar refractivity (Wildman–Crippen MR) is 104 cm³/mol. The van der Waals surface area contributed by atoms with Crippen molar-refractivity contribution >= 4 is 11.9 Å². The van der Waals surface area contributed by atoms with Gasteiger partial charge in [0.15, 0.2) is 0 Å².